The Morgan fingerprint density at radius 1 is 1.00 bits per heavy atom. The highest BCUT2D eigenvalue weighted by Gasteiger charge is 2.01. The quantitative estimate of drug-likeness (QED) is 0.263. The highest BCUT2D eigenvalue weighted by Crippen LogP contribution is 2.25. The minimum atomic E-state index is -0.249. The second-order valence-electron chi connectivity index (χ2n) is 3.86. The first-order valence-corrected chi connectivity index (χ1v) is 5.92. The molecule has 0 heterocycles. The summed E-state index contributed by atoms with van der Waals surface area (Å²) in [6.07, 6.45) is 0. The number of rotatable bonds is 3. The van der Waals surface area contributed by atoms with Crippen molar-refractivity contribution in [1.29, 1.82) is 5.26 Å². The van der Waals surface area contributed by atoms with Crippen molar-refractivity contribution in [2.45, 2.75) is 0 Å². The molecule has 0 saturated heterocycles. The number of nitrogens with one attached hydrogen (secondary N) is 1. The summed E-state index contributed by atoms with van der Waals surface area (Å²) in [6.45, 7) is 0. The second kappa shape index (κ2) is 6.68. The van der Waals surface area contributed by atoms with E-state index in [9.17, 15) is 10.2 Å². The minimum absolute atomic E-state index is 0.00353. The van der Waals surface area contributed by atoms with E-state index in [4.69, 9.17) is 5.26 Å². The van der Waals surface area contributed by atoms with Gasteiger partial charge in [-0.2, -0.15) is 5.26 Å². The zero-order valence-corrected chi connectivity index (χ0v) is 10.8. The predicted octanol–water partition coefficient (Wildman–Crippen LogP) is 3.13. The van der Waals surface area contributed by atoms with Crippen molar-refractivity contribution in [2.75, 3.05) is 5.43 Å². The molecule has 0 fully saturated rings. The third kappa shape index (κ3) is 3.78. The van der Waals surface area contributed by atoms with Crippen LogP contribution in [0.4, 0.5) is 11.4 Å². The molecule has 7 nitrogen and oxygen atoms in total. The zero-order valence-electron chi connectivity index (χ0n) is 10.8. The first-order valence-electron chi connectivity index (χ1n) is 5.92. The summed E-state index contributed by atoms with van der Waals surface area (Å²) in [6, 6.07) is 14.5. The van der Waals surface area contributed by atoms with E-state index >= 15 is 0 Å². The highest BCUT2D eigenvalue weighted by atomic mass is 16.3. The van der Waals surface area contributed by atoms with Crippen LogP contribution in [-0.2, 0) is 0 Å². The Kier molecular flexibility index (Phi) is 4.46. The maximum atomic E-state index is 9.54. The number of amidine groups is 1. The average Bonchev–Trinajstić information content (AvgIpc) is 2.50. The normalized spacial score (nSPS) is 11.3. The van der Waals surface area contributed by atoms with Crippen LogP contribution in [0.2, 0.25) is 0 Å². The van der Waals surface area contributed by atoms with Crippen LogP contribution in [0.1, 0.15) is 0 Å². The van der Waals surface area contributed by atoms with E-state index in [-0.39, 0.29) is 23.0 Å². The van der Waals surface area contributed by atoms with Gasteiger partial charge in [-0.15, -0.1) is 15.3 Å². The molecule has 0 aliphatic carbocycles. The van der Waals surface area contributed by atoms with Gasteiger partial charge in [0.15, 0.2) is 0 Å². The molecule has 0 saturated carbocycles. The summed E-state index contributed by atoms with van der Waals surface area (Å²) in [5.74, 6) is -0.301. The molecule has 104 valence electrons. The molecule has 7 heteroatoms. The SMILES string of the molecule is N#C/C(N=Nc1ccccc1O)=N/Nc1ccccc1O. The number of benzene rings is 2. The first-order chi connectivity index (χ1) is 10.2. The number of hydrogen-bond acceptors (Lipinski definition) is 6. The Labute approximate surface area is 120 Å². The van der Waals surface area contributed by atoms with Crippen LogP contribution in [0.25, 0.3) is 0 Å². The number of phenolic OH excluding ortho intramolecular Hbond substituents is 2. The maximum absolute atomic E-state index is 9.54. The van der Waals surface area contributed by atoms with Crippen molar-refractivity contribution in [3.8, 4) is 17.6 Å². The first kappa shape index (κ1) is 14.0. The lowest BCUT2D eigenvalue weighted by Crippen LogP contribution is -1.96. The van der Waals surface area contributed by atoms with E-state index in [0.29, 0.717) is 5.69 Å². The number of nitrogens with zero attached hydrogens (tertiary/aromatic N) is 4. The van der Waals surface area contributed by atoms with Gasteiger partial charge in [0, 0.05) is 0 Å². The topological polar surface area (TPSA) is 113 Å². The lowest BCUT2D eigenvalue weighted by molar-refractivity contribution is 0.476. The molecule has 0 amide bonds. The Morgan fingerprint density at radius 3 is 2.33 bits per heavy atom. The molecule has 0 radical (unpaired) electrons. The van der Waals surface area contributed by atoms with Gasteiger partial charge in [-0.1, -0.05) is 24.3 Å². The smallest absolute Gasteiger partial charge is 0.270 e. The molecule has 3 N–H and O–H groups in total. The summed E-state index contributed by atoms with van der Waals surface area (Å²) in [4.78, 5) is 0. The van der Waals surface area contributed by atoms with E-state index in [1.165, 1.54) is 12.1 Å². The third-order valence-corrected chi connectivity index (χ3v) is 2.42. The van der Waals surface area contributed by atoms with E-state index in [0.717, 1.165) is 0 Å². The van der Waals surface area contributed by atoms with Gasteiger partial charge >= 0.3 is 0 Å². The lowest BCUT2D eigenvalue weighted by Gasteiger charge is -2.01. The van der Waals surface area contributed by atoms with Gasteiger partial charge in [-0.25, -0.2) is 0 Å². The molecule has 0 aliphatic heterocycles. The summed E-state index contributed by atoms with van der Waals surface area (Å²) < 4.78 is 0. The summed E-state index contributed by atoms with van der Waals surface area (Å²) in [5, 5.41) is 39.1. The van der Waals surface area contributed by atoms with Crippen LogP contribution < -0.4 is 5.43 Å². The molecule has 0 aliphatic rings. The Balaban J connectivity index is 2.14. The number of para-hydroxylation sites is 3. The zero-order chi connectivity index (χ0) is 15.1. The molecule has 0 spiro atoms. The monoisotopic (exact) mass is 281 g/mol. The molecule has 0 aromatic heterocycles. The average molecular weight is 281 g/mol. The fraction of sp³-hybridized carbons (Fsp3) is 0. The molecule has 2 rings (SSSR count). The van der Waals surface area contributed by atoms with Gasteiger partial charge in [0.05, 0.1) is 5.69 Å². The molecule has 2 aromatic rings. The number of hydrazone groups is 1. The number of aromatic hydroxyl groups is 2. The van der Waals surface area contributed by atoms with Gasteiger partial charge < -0.3 is 10.2 Å². The van der Waals surface area contributed by atoms with Gasteiger partial charge in [0.25, 0.3) is 5.84 Å². The molecule has 0 atom stereocenters. The van der Waals surface area contributed by atoms with E-state index in [1.807, 2.05) is 0 Å². The summed E-state index contributed by atoms with van der Waals surface area (Å²) >= 11 is 0. The van der Waals surface area contributed by atoms with Crippen LogP contribution in [0.15, 0.2) is 63.9 Å². The van der Waals surface area contributed by atoms with Gasteiger partial charge in [0.1, 0.15) is 23.3 Å². The molecule has 2 aromatic carbocycles. The lowest BCUT2D eigenvalue weighted by atomic mass is 10.3. The molecule has 21 heavy (non-hydrogen) atoms. The largest absolute Gasteiger partial charge is 0.506 e. The second-order valence-corrected chi connectivity index (χ2v) is 3.86. The number of azo groups is 1. The fourth-order valence-corrected chi connectivity index (χ4v) is 1.40. The summed E-state index contributed by atoms with van der Waals surface area (Å²) in [5.41, 5.74) is 3.08. The van der Waals surface area contributed by atoms with Crippen LogP contribution in [0, 0.1) is 11.3 Å². The van der Waals surface area contributed by atoms with Crippen LogP contribution in [0.5, 0.6) is 11.5 Å². The molecule has 0 bridgehead atoms. The van der Waals surface area contributed by atoms with Crippen molar-refractivity contribution in [3.05, 3.63) is 48.5 Å². The molecule has 0 unspecified atom stereocenters. The Bertz CT molecular complexity index is 734. The van der Waals surface area contributed by atoms with Crippen molar-refractivity contribution in [2.24, 2.45) is 15.3 Å². The Morgan fingerprint density at radius 2 is 1.67 bits per heavy atom. The van der Waals surface area contributed by atoms with Crippen LogP contribution >= 0.6 is 0 Å². The van der Waals surface area contributed by atoms with Crippen molar-refractivity contribution in [1.82, 2.24) is 0 Å². The fourth-order valence-electron chi connectivity index (χ4n) is 1.40. The van der Waals surface area contributed by atoms with Crippen molar-refractivity contribution >= 4 is 17.2 Å². The Hall–Kier alpha value is -3.40. The number of nitriles is 1. The van der Waals surface area contributed by atoms with Crippen molar-refractivity contribution < 1.29 is 10.2 Å². The van der Waals surface area contributed by atoms with Crippen LogP contribution in [0.3, 0.4) is 0 Å². The highest BCUT2D eigenvalue weighted by molar-refractivity contribution is 5.97. The minimum Gasteiger partial charge on any atom is -0.506 e. The summed E-state index contributed by atoms with van der Waals surface area (Å²) in [7, 11) is 0. The van der Waals surface area contributed by atoms with Gasteiger partial charge in [0.2, 0.25) is 0 Å². The van der Waals surface area contributed by atoms with Gasteiger partial charge in [-0.05, 0) is 24.3 Å². The van der Waals surface area contributed by atoms with Crippen LogP contribution in [-0.4, -0.2) is 16.0 Å². The third-order valence-electron chi connectivity index (χ3n) is 2.42. The maximum Gasteiger partial charge on any atom is 0.270 e. The van der Waals surface area contributed by atoms with E-state index in [1.54, 1.807) is 42.5 Å². The molecular weight excluding hydrogens is 270 g/mol. The van der Waals surface area contributed by atoms with E-state index < -0.39 is 0 Å². The van der Waals surface area contributed by atoms with Crippen molar-refractivity contribution in [3.63, 3.8) is 0 Å². The molecular formula is C14H11N5O2. The number of hydrogen-bond donors (Lipinski definition) is 3. The predicted molar refractivity (Wildman–Crippen MR) is 77.4 cm³/mol. The standard InChI is InChI=1S/C14H11N5O2/c15-9-14(18-16-10-5-1-3-7-12(10)20)19-17-11-6-2-4-8-13(11)21/h1-8,16,20-21H/b18-14-,19-17?. The van der Waals surface area contributed by atoms with E-state index in [2.05, 4.69) is 20.8 Å². The number of anilines is 1. The van der Waals surface area contributed by atoms with Gasteiger partial charge in [-0.3, -0.25) is 5.43 Å². The number of phenols is 2.